The zero-order valence-electron chi connectivity index (χ0n) is 17.5. The minimum Gasteiger partial charge on any atom is -0.508 e. The van der Waals surface area contributed by atoms with E-state index in [4.69, 9.17) is 4.74 Å². The van der Waals surface area contributed by atoms with Crippen LogP contribution in [0.15, 0.2) is 67.0 Å². The van der Waals surface area contributed by atoms with Gasteiger partial charge in [0.05, 0.1) is 18.1 Å². The fraction of sp³-hybridized carbons (Fsp3) is 0.250. The van der Waals surface area contributed by atoms with Gasteiger partial charge in [-0.15, -0.1) is 0 Å². The highest BCUT2D eigenvalue weighted by molar-refractivity contribution is 5.92. The number of phenolic OH excluding ortho intramolecular Hbond substituents is 1. The minimum atomic E-state index is -0.181. The number of para-hydroxylation sites is 1. The van der Waals surface area contributed by atoms with Gasteiger partial charge in [-0.3, -0.25) is 9.59 Å². The Labute approximate surface area is 185 Å². The van der Waals surface area contributed by atoms with E-state index in [0.29, 0.717) is 48.8 Å². The van der Waals surface area contributed by atoms with Crippen molar-refractivity contribution in [3.63, 3.8) is 0 Å². The summed E-state index contributed by atoms with van der Waals surface area (Å²) in [5, 5.41) is 12.4. The lowest BCUT2D eigenvalue weighted by molar-refractivity contribution is -0.136. The molecule has 8 nitrogen and oxygen atoms in total. The first kappa shape index (κ1) is 21.3. The van der Waals surface area contributed by atoms with Crippen molar-refractivity contribution in [3.8, 4) is 22.9 Å². The third kappa shape index (κ3) is 5.40. The van der Waals surface area contributed by atoms with Crippen molar-refractivity contribution >= 4 is 17.5 Å². The molecule has 32 heavy (non-hydrogen) atoms. The second-order valence-corrected chi connectivity index (χ2v) is 7.59. The van der Waals surface area contributed by atoms with Gasteiger partial charge in [-0.25, -0.2) is 9.97 Å². The number of anilines is 1. The van der Waals surface area contributed by atoms with Crippen LogP contribution in [0.3, 0.4) is 0 Å². The number of ether oxygens (including phenoxy) is 1. The predicted molar refractivity (Wildman–Crippen MR) is 119 cm³/mol. The SMILES string of the molecule is O=C(Nc1cnc(-c2cccc(O)c2)nc1)C1CCN(C(=O)COc2ccccc2)CC1. The fourth-order valence-electron chi connectivity index (χ4n) is 3.58. The van der Waals surface area contributed by atoms with Crippen LogP contribution in [0.5, 0.6) is 11.5 Å². The molecule has 164 valence electrons. The number of hydrogen-bond acceptors (Lipinski definition) is 6. The molecule has 2 N–H and O–H groups in total. The van der Waals surface area contributed by atoms with Gasteiger partial charge in [0.2, 0.25) is 5.91 Å². The van der Waals surface area contributed by atoms with Crippen LogP contribution in [0.2, 0.25) is 0 Å². The van der Waals surface area contributed by atoms with E-state index in [1.54, 1.807) is 41.6 Å². The Bertz CT molecular complexity index is 1060. The van der Waals surface area contributed by atoms with Crippen LogP contribution in [-0.4, -0.2) is 51.5 Å². The maximum atomic E-state index is 12.6. The summed E-state index contributed by atoms with van der Waals surface area (Å²) in [5.41, 5.74) is 1.20. The van der Waals surface area contributed by atoms with Crippen LogP contribution < -0.4 is 10.1 Å². The van der Waals surface area contributed by atoms with Gasteiger partial charge < -0.3 is 20.1 Å². The molecule has 0 saturated carbocycles. The zero-order valence-corrected chi connectivity index (χ0v) is 17.5. The van der Waals surface area contributed by atoms with Crippen molar-refractivity contribution in [3.05, 3.63) is 67.0 Å². The summed E-state index contributed by atoms with van der Waals surface area (Å²) in [5.74, 6) is 0.894. The molecule has 0 aliphatic carbocycles. The predicted octanol–water partition coefficient (Wildman–Crippen LogP) is 3.11. The third-order valence-corrected chi connectivity index (χ3v) is 5.35. The van der Waals surface area contributed by atoms with Gasteiger partial charge >= 0.3 is 0 Å². The number of carbonyl (C=O) groups is 2. The topological polar surface area (TPSA) is 105 Å². The smallest absolute Gasteiger partial charge is 0.260 e. The summed E-state index contributed by atoms with van der Waals surface area (Å²) in [4.78, 5) is 35.3. The Morgan fingerprint density at radius 1 is 1.03 bits per heavy atom. The minimum absolute atomic E-state index is 0.0102. The zero-order chi connectivity index (χ0) is 22.3. The summed E-state index contributed by atoms with van der Waals surface area (Å²) >= 11 is 0. The normalized spacial score (nSPS) is 14.1. The summed E-state index contributed by atoms with van der Waals surface area (Å²) < 4.78 is 5.52. The van der Waals surface area contributed by atoms with Gasteiger partial charge in [0.1, 0.15) is 11.5 Å². The molecule has 1 aromatic heterocycles. The highest BCUT2D eigenvalue weighted by Gasteiger charge is 2.27. The van der Waals surface area contributed by atoms with Crippen LogP contribution in [0.1, 0.15) is 12.8 Å². The number of nitrogens with zero attached hydrogens (tertiary/aromatic N) is 3. The molecule has 2 heterocycles. The Morgan fingerprint density at radius 3 is 2.44 bits per heavy atom. The van der Waals surface area contributed by atoms with E-state index in [0.717, 1.165) is 0 Å². The summed E-state index contributed by atoms with van der Waals surface area (Å²) in [6.07, 6.45) is 4.27. The first-order chi connectivity index (χ1) is 15.6. The lowest BCUT2D eigenvalue weighted by Gasteiger charge is -2.31. The largest absolute Gasteiger partial charge is 0.508 e. The number of likely N-dealkylation sites (tertiary alicyclic amines) is 1. The lowest BCUT2D eigenvalue weighted by Crippen LogP contribution is -2.43. The maximum Gasteiger partial charge on any atom is 0.260 e. The third-order valence-electron chi connectivity index (χ3n) is 5.35. The van der Waals surface area contributed by atoms with Gasteiger partial charge in [0.25, 0.3) is 5.91 Å². The number of rotatable bonds is 6. The molecule has 1 fully saturated rings. The highest BCUT2D eigenvalue weighted by atomic mass is 16.5. The molecule has 1 saturated heterocycles. The molecule has 4 rings (SSSR count). The molecule has 2 aromatic carbocycles. The average Bonchev–Trinajstić information content (AvgIpc) is 2.84. The van der Waals surface area contributed by atoms with Crippen LogP contribution >= 0.6 is 0 Å². The van der Waals surface area contributed by atoms with Crippen LogP contribution in [0, 0.1) is 5.92 Å². The Hall–Kier alpha value is -3.94. The van der Waals surface area contributed by atoms with Crippen molar-refractivity contribution in [2.24, 2.45) is 5.92 Å². The van der Waals surface area contributed by atoms with E-state index in [-0.39, 0.29) is 30.1 Å². The number of carbonyl (C=O) groups excluding carboxylic acids is 2. The number of piperidine rings is 1. The van der Waals surface area contributed by atoms with Gasteiger partial charge in [-0.1, -0.05) is 30.3 Å². The van der Waals surface area contributed by atoms with Gasteiger partial charge in [0, 0.05) is 24.6 Å². The van der Waals surface area contributed by atoms with Gasteiger partial charge in [-0.2, -0.15) is 0 Å². The van der Waals surface area contributed by atoms with E-state index < -0.39 is 0 Å². The number of hydrogen-bond donors (Lipinski definition) is 2. The van der Waals surface area contributed by atoms with Crippen molar-refractivity contribution in [1.82, 2.24) is 14.9 Å². The van der Waals surface area contributed by atoms with Crippen molar-refractivity contribution < 1.29 is 19.4 Å². The highest BCUT2D eigenvalue weighted by Crippen LogP contribution is 2.22. The quantitative estimate of drug-likeness (QED) is 0.620. The summed E-state index contributed by atoms with van der Waals surface area (Å²) in [7, 11) is 0. The van der Waals surface area contributed by atoms with Gasteiger partial charge in [0.15, 0.2) is 12.4 Å². The first-order valence-corrected chi connectivity index (χ1v) is 10.5. The molecule has 0 radical (unpaired) electrons. The molecule has 3 aromatic rings. The molecule has 1 aliphatic heterocycles. The van der Waals surface area contributed by atoms with Crippen LogP contribution in [0.4, 0.5) is 5.69 Å². The number of nitrogens with one attached hydrogen (secondary N) is 1. The molecule has 8 heteroatoms. The number of aromatic nitrogens is 2. The molecular weight excluding hydrogens is 408 g/mol. The van der Waals surface area contributed by atoms with Crippen molar-refractivity contribution in [2.45, 2.75) is 12.8 Å². The second-order valence-electron chi connectivity index (χ2n) is 7.59. The second kappa shape index (κ2) is 9.91. The monoisotopic (exact) mass is 432 g/mol. The number of amides is 2. The van der Waals surface area contributed by atoms with Crippen LogP contribution in [-0.2, 0) is 9.59 Å². The van der Waals surface area contributed by atoms with Gasteiger partial charge in [-0.05, 0) is 37.1 Å². The molecule has 0 unspecified atom stereocenters. The van der Waals surface area contributed by atoms with Crippen LogP contribution in [0.25, 0.3) is 11.4 Å². The average molecular weight is 432 g/mol. The molecular formula is C24H24N4O4. The van der Waals surface area contributed by atoms with E-state index in [9.17, 15) is 14.7 Å². The van der Waals surface area contributed by atoms with Crippen molar-refractivity contribution in [2.75, 3.05) is 25.0 Å². The first-order valence-electron chi connectivity index (χ1n) is 10.5. The Balaban J connectivity index is 1.25. The summed E-state index contributed by atoms with van der Waals surface area (Å²) in [6.45, 7) is 1.02. The Morgan fingerprint density at radius 2 is 1.75 bits per heavy atom. The number of aromatic hydroxyl groups is 1. The lowest BCUT2D eigenvalue weighted by atomic mass is 9.96. The van der Waals surface area contributed by atoms with Crippen molar-refractivity contribution in [1.29, 1.82) is 0 Å². The molecule has 1 aliphatic rings. The number of benzene rings is 2. The summed E-state index contributed by atoms with van der Waals surface area (Å²) in [6, 6.07) is 15.9. The standard InChI is InChI=1S/C24H24N4O4/c29-20-6-4-5-18(13-20)23-25-14-19(15-26-23)27-24(31)17-9-11-28(12-10-17)22(30)16-32-21-7-2-1-3-8-21/h1-8,13-15,17,29H,9-12,16H2,(H,27,31). The molecule has 0 bridgehead atoms. The number of phenols is 1. The molecule has 0 spiro atoms. The molecule has 2 amide bonds. The fourth-order valence-corrected chi connectivity index (χ4v) is 3.58. The van der Waals surface area contributed by atoms with E-state index >= 15 is 0 Å². The maximum absolute atomic E-state index is 12.6. The van der Waals surface area contributed by atoms with E-state index in [1.807, 2.05) is 30.3 Å². The Kier molecular flexibility index (Phi) is 6.60. The van der Waals surface area contributed by atoms with E-state index in [1.165, 1.54) is 0 Å². The van der Waals surface area contributed by atoms with E-state index in [2.05, 4.69) is 15.3 Å². The molecule has 0 atom stereocenters.